The quantitative estimate of drug-likeness (QED) is 0.349. The van der Waals surface area contributed by atoms with Crippen molar-refractivity contribution in [3.63, 3.8) is 0 Å². The molecule has 2 saturated heterocycles. The third kappa shape index (κ3) is 4.87. The number of hydrogen-bond acceptors (Lipinski definition) is 5. The summed E-state index contributed by atoms with van der Waals surface area (Å²) in [6.07, 6.45) is 10.2. The van der Waals surface area contributed by atoms with Gasteiger partial charge in [-0.15, -0.1) is 11.8 Å². The molecule has 1 unspecified atom stereocenters. The molecule has 220 valence electrons. The normalized spacial score (nSPS) is 30.3. The summed E-state index contributed by atoms with van der Waals surface area (Å²) in [7, 11) is 0. The Morgan fingerprint density at radius 3 is 2.36 bits per heavy atom. The van der Waals surface area contributed by atoms with Crippen LogP contribution in [0.2, 0.25) is 5.02 Å². The van der Waals surface area contributed by atoms with Crippen molar-refractivity contribution < 1.29 is 19.5 Å². The van der Waals surface area contributed by atoms with E-state index in [-0.39, 0.29) is 24.3 Å². The number of halogens is 1. The SMILES string of the molecule is C[C@@]12C=CCN(Cc3ccccc3)C(=O)[C@@H]1[C@H]1C(=O)N(CCCCCO)C3C(=O)N(c4ccc(Cl)cc4)CC=C[C@@]31S2. The van der Waals surface area contributed by atoms with Crippen LogP contribution in [0.1, 0.15) is 31.7 Å². The van der Waals surface area contributed by atoms with Gasteiger partial charge in [-0.25, -0.2) is 0 Å². The molecule has 4 aliphatic rings. The highest BCUT2D eigenvalue weighted by molar-refractivity contribution is 8.02. The number of anilines is 1. The van der Waals surface area contributed by atoms with Crippen LogP contribution >= 0.6 is 23.4 Å². The van der Waals surface area contributed by atoms with Crippen LogP contribution in [0.25, 0.3) is 0 Å². The number of amides is 3. The van der Waals surface area contributed by atoms with Gasteiger partial charge in [0.1, 0.15) is 6.04 Å². The van der Waals surface area contributed by atoms with Crippen LogP contribution in [-0.2, 0) is 20.9 Å². The molecule has 0 bridgehead atoms. The second-order valence-electron chi connectivity index (χ2n) is 11.7. The van der Waals surface area contributed by atoms with Gasteiger partial charge < -0.3 is 19.8 Å². The van der Waals surface area contributed by atoms with Gasteiger partial charge in [0.15, 0.2) is 0 Å². The Bertz CT molecular complexity index is 1420. The van der Waals surface area contributed by atoms with Gasteiger partial charge in [0.25, 0.3) is 5.91 Å². The Hall–Kier alpha value is -3.07. The summed E-state index contributed by atoms with van der Waals surface area (Å²) in [6.45, 7) is 3.84. The van der Waals surface area contributed by atoms with Crippen LogP contribution in [0.4, 0.5) is 5.69 Å². The molecule has 0 aliphatic carbocycles. The third-order valence-electron chi connectivity index (χ3n) is 9.05. The van der Waals surface area contributed by atoms with Gasteiger partial charge in [-0.05, 0) is 56.0 Å². The minimum atomic E-state index is -0.887. The number of thioether (sulfide) groups is 1. The van der Waals surface area contributed by atoms with E-state index in [0.717, 1.165) is 17.7 Å². The number of aliphatic hydroxyl groups excluding tert-OH is 1. The van der Waals surface area contributed by atoms with Gasteiger partial charge in [0.2, 0.25) is 11.8 Å². The molecule has 4 heterocycles. The highest BCUT2D eigenvalue weighted by Gasteiger charge is 2.73. The van der Waals surface area contributed by atoms with E-state index in [9.17, 15) is 19.5 Å². The average molecular weight is 606 g/mol. The summed E-state index contributed by atoms with van der Waals surface area (Å²) in [5, 5.41) is 9.90. The Labute approximate surface area is 256 Å². The fourth-order valence-corrected chi connectivity index (χ4v) is 9.47. The highest BCUT2D eigenvalue weighted by Crippen LogP contribution is 2.65. The second kappa shape index (κ2) is 11.5. The molecule has 42 heavy (non-hydrogen) atoms. The number of hydrogen-bond donors (Lipinski definition) is 1. The van der Waals surface area contributed by atoms with Crippen molar-refractivity contribution in [2.24, 2.45) is 11.8 Å². The van der Waals surface area contributed by atoms with Crippen molar-refractivity contribution in [1.82, 2.24) is 9.80 Å². The van der Waals surface area contributed by atoms with E-state index >= 15 is 0 Å². The van der Waals surface area contributed by atoms with E-state index in [1.54, 1.807) is 33.7 Å². The fraction of sp³-hybridized carbons (Fsp3) is 0.424. The number of carbonyl (C=O) groups excluding carboxylic acids is 3. The number of rotatable bonds is 8. The number of likely N-dealkylation sites (tertiary alicyclic amines) is 1. The van der Waals surface area contributed by atoms with E-state index < -0.39 is 27.4 Å². The minimum Gasteiger partial charge on any atom is -0.396 e. The van der Waals surface area contributed by atoms with E-state index in [1.807, 2.05) is 66.4 Å². The molecular weight excluding hydrogens is 570 g/mol. The zero-order valence-electron chi connectivity index (χ0n) is 23.7. The molecule has 0 radical (unpaired) electrons. The molecule has 7 nitrogen and oxygen atoms in total. The maximum atomic E-state index is 14.6. The molecule has 1 spiro atoms. The van der Waals surface area contributed by atoms with Crippen LogP contribution in [0, 0.1) is 11.8 Å². The molecule has 2 aromatic carbocycles. The first-order valence-electron chi connectivity index (χ1n) is 14.7. The Kier molecular flexibility index (Phi) is 7.98. The lowest BCUT2D eigenvalue weighted by Crippen LogP contribution is -2.53. The maximum Gasteiger partial charge on any atom is 0.251 e. The van der Waals surface area contributed by atoms with Gasteiger partial charge in [-0.1, -0.05) is 66.2 Å². The molecule has 6 rings (SSSR count). The van der Waals surface area contributed by atoms with E-state index in [1.165, 1.54) is 0 Å². The van der Waals surface area contributed by atoms with Gasteiger partial charge >= 0.3 is 0 Å². The van der Waals surface area contributed by atoms with Crippen LogP contribution in [0.15, 0.2) is 78.9 Å². The number of nitrogens with zero attached hydrogens (tertiary/aromatic N) is 3. The Balaban J connectivity index is 1.40. The lowest BCUT2D eigenvalue weighted by atomic mass is 9.74. The zero-order valence-corrected chi connectivity index (χ0v) is 25.3. The number of fused-ring (bicyclic) bond motifs is 2. The number of aliphatic hydroxyl groups is 1. The molecule has 9 heteroatoms. The van der Waals surface area contributed by atoms with Crippen molar-refractivity contribution in [1.29, 1.82) is 0 Å². The number of unbranched alkanes of at least 4 members (excludes halogenated alkanes) is 2. The average Bonchev–Trinajstić information content (AvgIpc) is 3.25. The molecular formula is C33H36ClN3O4S. The first kappa shape index (κ1) is 29.0. The Morgan fingerprint density at radius 2 is 1.62 bits per heavy atom. The van der Waals surface area contributed by atoms with Gasteiger partial charge in [-0.2, -0.15) is 0 Å². The van der Waals surface area contributed by atoms with Crippen molar-refractivity contribution in [2.45, 2.75) is 48.3 Å². The molecule has 2 aromatic rings. The smallest absolute Gasteiger partial charge is 0.251 e. The van der Waals surface area contributed by atoms with Gasteiger partial charge in [0.05, 0.1) is 16.6 Å². The second-order valence-corrected chi connectivity index (χ2v) is 14.0. The highest BCUT2D eigenvalue weighted by atomic mass is 35.5. The van der Waals surface area contributed by atoms with Crippen LogP contribution < -0.4 is 4.90 Å². The summed E-state index contributed by atoms with van der Waals surface area (Å²) in [4.78, 5) is 48.8. The van der Waals surface area contributed by atoms with E-state index in [4.69, 9.17) is 11.6 Å². The molecule has 2 fully saturated rings. The van der Waals surface area contributed by atoms with E-state index in [2.05, 4.69) is 12.2 Å². The maximum absolute atomic E-state index is 14.6. The van der Waals surface area contributed by atoms with Gasteiger partial charge in [-0.3, -0.25) is 14.4 Å². The summed E-state index contributed by atoms with van der Waals surface area (Å²) < 4.78 is -1.54. The summed E-state index contributed by atoms with van der Waals surface area (Å²) in [5.41, 5.74) is 1.75. The molecule has 1 N–H and O–H groups in total. The molecule has 0 saturated carbocycles. The number of carbonyl (C=O) groups is 3. The van der Waals surface area contributed by atoms with Crippen LogP contribution in [0.3, 0.4) is 0 Å². The van der Waals surface area contributed by atoms with Crippen molar-refractivity contribution in [3.8, 4) is 0 Å². The number of benzene rings is 2. The zero-order chi connectivity index (χ0) is 29.5. The van der Waals surface area contributed by atoms with Gasteiger partial charge in [0, 0.05) is 48.2 Å². The largest absolute Gasteiger partial charge is 0.396 e. The first-order chi connectivity index (χ1) is 20.3. The van der Waals surface area contributed by atoms with Crippen molar-refractivity contribution >= 4 is 46.8 Å². The van der Waals surface area contributed by atoms with Crippen molar-refractivity contribution in [2.75, 3.05) is 31.1 Å². The Morgan fingerprint density at radius 1 is 0.881 bits per heavy atom. The topological polar surface area (TPSA) is 81.2 Å². The van der Waals surface area contributed by atoms with Crippen LogP contribution in [0.5, 0.6) is 0 Å². The van der Waals surface area contributed by atoms with Crippen molar-refractivity contribution in [3.05, 3.63) is 89.5 Å². The third-order valence-corrected chi connectivity index (χ3v) is 11.1. The lowest BCUT2D eigenvalue weighted by Gasteiger charge is -2.37. The monoisotopic (exact) mass is 605 g/mol. The van der Waals surface area contributed by atoms with E-state index in [0.29, 0.717) is 44.0 Å². The first-order valence-corrected chi connectivity index (χ1v) is 15.8. The molecule has 3 amide bonds. The van der Waals surface area contributed by atoms with Crippen LogP contribution in [-0.4, -0.2) is 74.4 Å². The lowest BCUT2D eigenvalue weighted by molar-refractivity contribution is -0.144. The molecule has 0 aromatic heterocycles. The fourth-order valence-electron chi connectivity index (χ4n) is 7.18. The molecule has 5 atom stereocenters. The summed E-state index contributed by atoms with van der Waals surface area (Å²) in [5.74, 6) is -1.61. The minimum absolute atomic E-state index is 0.0467. The standard InChI is InChI=1S/C33H36ClN3O4S/c1-32-16-8-18-35(22-23-10-4-2-5-11-23)29(39)26(32)27-30(40)37(19-6-3-7-21-38)28-31(41)36(20-9-17-33(27,28)42-32)25-14-12-24(34)13-15-25/h2,4-5,8-17,26-28,38H,3,6-7,18-22H2,1H3/t26-,27-,28?,32+,33-/m0/s1. The summed E-state index contributed by atoms with van der Waals surface area (Å²) in [6, 6.07) is 16.3. The summed E-state index contributed by atoms with van der Waals surface area (Å²) >= 11 is 7.75. The molecule has 4 aliphatic heterocycles. The predicted molar refractivity (Wildman–Crippen MR) is 166 cm³/mol. The predicted octanol–water partition coefficient (Wildman–Crippen LogP) is 4.69.